The average Bonchev–Trinajstić information content (AvgIpc) is 3.04. The fourth-order valence-electron chi connectivity index (χ4n) is 4.11. The molecule has 0 spiro atoms. The number of nitrogens with zero attached hydrogens (tertiary/aromatic N) is 2. The second-order valence-corrected chi connectivity index (χ2v) is 8.32. The molecule has 2 amide bonds. The number of hydrogen-bond acceptors (Lipinski definition) is 5. The Labute approximate surface area is 187 Å². The minimum atomic E-state index is -0.371. The van der Waals surface area contributed by atoms with Gasteiger partial charge in [0.05, 0.1) is 25.5 Å². The SMILES string of the molecule is COc1ccc(N2C(=O)C(c3ccc(Cl)cc3)=C(N3CCC(C)CC3)C2=O)c(OC)c1. The van der Waals surface area contributed by atoms with Crippen LogP contribution in [0.4, 0.5) is 5.69 Å². The van der Waals surface area contributed by atoms with Gasteiger partial charge in [0.15, 0.2) is 0 Å². The first kappa shape index (κ1) is 21.2. The first-order valence-corrected chi connectivity index (χ1v) is 10.7. The monoisotopic (exact) mass is 440 g/mol. The molecule has 2 aliphatic rings. The molecule has 2 aromatic carbocycles. The van der Waals surface area contributed by atoms with Crippen LogP contribution in [-0.2, 0) is 9.59 Å². The summed E-state index contributed by atoms with van der Waals surface area (Å²) in [5, 5.41) is 0.572. The lowest BCUT2D eigenvalue weighted by Gasteiger charge is -2.32. The maximum atomic E-state index is 13.7. The summed E-state index contributed by atoms with van der Waals surface area (Å²) < 4.78 is 10.7. The third-order valence-electron chi connectivity index (χ3n) is 5.92. The van der Waals surface area contributed by atoms with E-state index in [9.17, 15) is 9.59 Å². The molecule has 0 aromatic heterocycles. The zero-order valence-corrected chi connectivity index (χ0v) is 18.6. The highest BCUT2D eigenvalue weighted by molar-refractivity contribution is 6.45. The van der Waals surface area contributed by atoms with Crippen LogP contribution in [-0.4, -0.2) is 44.0 Å². The summed E-state index contributed by atoms with van der Waals surface area (Å²) in [6.45, 7) is 3.68. The van der Waals surface area contributed by atoms with E-state index in [2.05, 4.69) is 6.92 Å². The number of hydrogen-bond donors (Lipinski definition) is 0. The van der Waals surface area contributed by atoms with Crippen LogP contribution in [0.3, 0.4) is 0 Å². The van der Waals surface area contributed by atoms with Crippen molar-refractivity contribution in [1.82, 2.24) is 4.90 Å². The Morgan fingerprint density at radius 3 is 2.23 bits per heavy atom. The standard InChI is InChI=1S/C24H25ClN2O4/c1-15-10-12-26(13-11-15)22-21(16-4-6-17(25)7-5-16)23(28)27(24(22)29)19-9-8-18(30-2)14-20(19)31-3/h4-9,14-15H,10-13H2,1-3H3. The fourth-order valence-corrected chi connectivity index (χ4v) is 4.23. The Bertz CT molecular complexity index is 1040. The molecule has 0 unspecified atom stereocenters. The van der Waals surface area contributed by atoms with Gasteiger partial charge in [0.1, 0.15) is 17.2 Å². The smallest absolute Gasteiger partial charge is 0.282 e. The van der Waals surface area contributed by atoms with E-state index >= 15 is 0 Å². The van der Waals surface area contributed by atoms with Crippen molar-refractivity contribution >= 4 is 34.7 Å². The Balaban J connectivity index is 1.82. The Morgan fingerprint density at radius 1 is 0.935 bits per heavy atom. The molecule has 2 heterocycles. The number of amides is 2. The Hall–Kier alpha value is -2.99. The van der Waals surface area contributed by atoms with E-state index in [1.807, 2.05) is 4.90 Å². The molecule has 1 fully saturated rings. The third kappa shape index (κ3) is 3.88. The highest BCUT2D eigenvalue weighted by atomic mass is 35.5. The molecule has 0 N–H and O–H groups in total. The number of carbonyl (C=O) groups is 2. The summed E-state index contributed by atoms with van der Waals surface area (Å²) in [6, 6.07) is 12.1. The summed E-state index contributed by atoms with van der Waals surface area (Å²) in [6.07, 6.45) is 1.95. The van der Waals surface area contributed by atoms with Crippen LogP contribution in [0.1, 0.15) is 25.3 Å². The molecule has 2 aliphatic heterocycles. The summed E-state index contributed by atoms with van der Waals surface area (Å²) >= 11 is 6.06. The topological polar surface area (TPSA) is 59.1 Å². The third-order valence-corrected chi connectivity index (χ3v) is 6.17. The maximum Gasteiger partial charge on any atom is 0.282 e. The Kier molecular flexibility index (Phi) is 5.92. The van der Waals surface area contributed by atoms with Gasteiger partial charge in [-0.25, -0.2) is 4.90 Å². The number of anilines is 1. The van der Waals surface area contributed by atoms with Gasteiger partial charge in [0.2, 0.25) is 0 Å². The number of likely N-dealkylation sites (tertiary alicyclic amines) is 1. The molecule has 0 atom stereocenters. The number of piperidine rings is 1. The first-order valence-electron chi connectivity index (χ1n) is 10.3. The van der Waals surface area contributed by atoms with Crippen LogP contribution >= 0.6 is 11.6 Å². The minimum absolute atomic E-state index is 0.340. The summed E-state index contributed by atoms with van der Waals surface area (Å²) in [5.41, 5.74) is 1.91. The predicted molar refractivity (Wildman–Crippen MR) is 120 cm³/mol. The molecule has 7 heteroatoms. The van der Waals surface area contributed by atoms with Crippen molar-refractivity contribution in [3.05, 3.63) is 58.7 Å². The zero-order chi connectivity index (χ0) is 22.1. The van der Waals surface area contributed by atoms with Gasteiger partial charge in [0, 0.05) is 24.2 Å². The fraction of sp³-hybridized carbons (Fsp3) is 0.333. The van der Waals surface area contributed by atoms with Crippen molar-refractivity contribution < 1.29 is 19.1 Å². The zero-order valence-electron chi connectivity index (χ0n) is 17.9. The van der Waals surface area contributed by atoms with Gasteiger partial charge in [-0.15, -0.1) is 0 Å². The van der Waals surface area contributed by atoms with Crippen LogP contribution in [0.25, 0.3) is 5.57 Å². The Morgan fingerprint density at radius 2 is 1.61 bits per heavy atom. The number of ether oxygens (including phenoxy) is 2. The number of imide groups is 1. The van der Waals surface area contributed by atoms with Crippen LogP contribution in [0, 0.1) is 5.92 Å². The molecule has 0 saturated carbocycles. The predicted octanol–water partition coefficient (Wildman–Crippen LogP) is 4.37. The molecule has 0 aliphatic carbocycles. The number of rotatable bonds is 5. The summed E-state index contributed by atoms with van der Waals surface area (Å²) in [4.78, 5) is 30.6. The van der Waals surface area contributed by atoms with Crippen molar-refractivity contribution in [1.29, 1.82) is 0 Å². The molecular weight excluding hydrogens is 416 g/mol. The van der Waals surface area contributed by atoms with E-state index in [1.54, 1.807) is 49.6 Å². The van der Waals surface area contributed by atoms with E-state index in [-0.39, 0.29) is 11.8 Å². The van der Waals surface area contributed by atoms with Gasteiger partial charge in [-0.1, -0.05) is 30.7 Å². The molecular formula is C24H25ClN2O4. The minimum Gasteiger partial charge on any atom is -0.497 e. The van der Waals surface area contributed by atoms with E-state index in [1.165, 1.54) is 12.0 Å². The quantitative estimate of drug-likeness (QED) is 0.646. The van der Waals surface area contributed by atoms with Crippen molar-refractivity contribution in [2.75, 3.05) is 32.2 Å². The van der Waals surface area contributed by atoms with Gasteiger partial charge in [0.25, 0.3) is 11.8 Å². The number of carbonyl (C=O) groups excluding carboxylic acids is 2. The molecule has 162 valence electrons. The van der Waals surface area contributed by atoms with Crippen molar-refractivity contribution in [3.63, 3.8) is 0 Å². The van der Waals surface area contributed by atoms with Crippen LogP contribution in [0.5, 0.6) is 11.5 Å². The van der Waals surface area contributed by atoms with Crippen LogP contribution in [0.15, 0.2) is 48.2 Å². The lowest BCUT2D eigenvalue weighted by atomic mass is 9.97. The summed E-state index contributed by atoms with van der Waals surface area (Å²) in [5.74, 6) is 0.860. The molecule has 0 bridgehead atoms. The van der Waals surface area contributed by atoms with Crippen molar-refractivity contribution in [3.8, 4) is 11.5 Å². The number of benzene rings is 2. The van der Waals surface area contributed by atoms with Crippen LogP contribution in [0.2, 0.25) is 5.02 Å². The second kappa shape index (κ2) is 8.63. The van der Waals surface area contributed by atoms with Gasteiger partial charge >= 0.3 is 0 Å². The van der Waals surface area contributed by atoms with E-state index in [0.29, 0.717) is 45.0 Å². The average molecular weight is 441 g/mol. The second-order valence-electron chi connectivity index (χ2n) is 7.88. The normalized spacial score (nSPS) is 17.5. The number of halogens is 1. The molecule has 31 heavy (non-hydrogen) atoms. The van der Waals surface area contributed by atoms with Gasteiger partial charge in [-0.05, 0) is 48.6 Å². The summed E-state index contributed by atoms with van der Waals surface area (Å²) in [7, 11) is 3.06. The van der Waals surface area contributed by atoms with E-state index in [4.69, 9.17) is 21.1 Å². The van der Waals surface area contributed by atoms with Gasteiger partial charge in [-0.2, -0.15) is 0 Å². The number of methoxy groups -OCH3 is 2. The van der Waals surface area contributed by atoms with Crippen molar-refractivity contribution in [2.45, 2.75) is 19.8 Å². The largest absolute Gasteiger partial charge is 0.497 e. The van der Waals surface area contributed by atoms with Crippen LogP contribution < -0.4 is 14.4 Å². The maximum absolute atomic E-state index is 13.7. The van der Waals surface area contributed by atoms with E-state index < -0.39 is 0 Å². The molecule has 2 aromatic rings. The van der Waals surface area contributed by atoms with Gasteiger partial charge in [-0.3, -0.25) is 9.59 Å². The lowest BCUT2D eigenvalue weighted by molar-refractivity contribution is -0.120. The molecule has 4 rings (SSSR count). The highest BCUT2D eigenvalue weighted by Gasteiger charge is 2.44. The molecule has 1 saturated heterocycles. The highest BCUT2D eigenvalue weighted by Crippen LogP contribution is 2.40. The first-order chi connectivity index (χ1) is 14.9. The van der Waals surface area contributed by atoms with E-state index in [0.717, 1.165) is 25.9 Å². The lowest BCUT2D eigenvalue weighted by Crippen LogP contribution is -2.38. The molecule has 6 nitrogen and oxygen atoms in total. The van der Waals surface area contributed by atoms with Crippen molar-refractivity contribution in [2.24, 2.45) is 5.92 Å². The molecule has 0 radical (unpaired) electrons. The van der Waals surface area contributed by atoms with Gasteiger partial charge < -0.3 is 14.4 Å².